The fraction of sp³-hybridized carbons (Fsp3) is 0.524. The van der Waals surface area contributed by atoms with E-state index < -0.39 is 0 Å². The topological polar surface area (TPSA) is 38.7 Å². The summed E-state index contributed by atoms with van der Waals surface area (Å²) in [4.78, 5) is 16.5. The number of esters is 1. The highest BCUT2D eigenvalue weighted by molar-refractivity contribution is 5.95. The maximum Gasteiger partial charge on any atom is 0.340 e. The largest absolute Gasteiger partial charge is 0.465 e. The fourth-order valence-corrected chi connectivity index (χ4v) is 4.22. The van der Waals surface area contributed by atoms with Crippen LogP contribution in [0.2, 0.25) is 0 Å². The number of hydrogen-bond acceptors (Lipinski definition) is 3. The summed E-state index contributed by atoms with van der Waals surface area (Å²) in [5.41, 5.74) is 3.28. The van der Waals surface area contributed by atoms with Crippen molar-refractivity contribution < 1.29 is 9.53 Å². The van der Waals surface area contributed by atoms with Crippen molar-refractivity contribution in [1.82, 2.24) is 0 Å². The second kappa shape index (κ2) is 6.92. The summed E-state index contributed by atoms with van der Waals surface area (Å²) in [5.74, 6) is 0.869. The van der Waals surface area contributed by atoms with Crippen molar-refractivity contribution in [3.8, 4) is 0 Å². The summed E-state index contributed by atoms with van der Waals surface area (Å²) in [6.45, 7) is 4.82. The van der Waals surface area contributed by atoms with Crippen LogP contribution in [0.3, 0.4) is 0 Å². The molecule has 2 unspecified atom stereocenters. The van der Waals surface area contributed by atoms with E-state index in [0.29, 0.717) is 22.6 Å². The number of para-hydroxylation sites is 1. The minimum Gasteiger partial charge on any atom is -0.465 e. The molecule has 1 aromatic rings. The van der Waals surface area contributed by atoms with Gasteiger partial charge in [-0.15, -0.1) is 0 Å². The Hall–Kier alpha value is -1.90. The van der Waals surface area contributed by atoms with E-state index in [9.17, 15) is 4.79 Å². The number of ether oxygens (including phenoxy) is 1. The Labute approximate surface area is 144 Å². The summed E-state index contributed by atoms with van der Waals surface area (Å²) < 4.78 is 4.84. The fourth-order valence-electron chi connectivity index (χ4n) is 4.22. The maximum atomic E-state index is 11.8. The molecule has 0 bridgehead atoms. The average Bonchev–Trinajstić information content (AvgIpc) is 2.59. The highest BCUT2D eigenvalue weighted by atomic mass is 16.5. The average molecular weight is 325 g/mol. The molecule has 0 aromatic heterocycles. The van der Waals surface area contributed by atoms with Crippen LogP contribution in [-0.4, -0.2) is 19.3 Å². The number of aliphatic imine (C=N–C) groups is 1. The van der Waals surface area contributed by atoms with E-state index in [1.165, 1.54) is 32.8 Å². The van der Waals surface area contributed by atoms with E-state index in [2.05, 4.69) is 24.9 Å². The first-order valence-electron chi connectivity index (χ1n) is 8.92. The van der Waals surface area contributed by atoms with Crippen molar-refractivity contribution in [3.63, 3.8) is 0 Å². The highest BCUT2D eigenvalue weighted by Crippen LogP contribution is 2.48. The van der Waals surface area contributed by atoms with E-state index in [0.717, 1.165) is 12.3 Å². The molecular formula is C21H27NO2. The normalized spacial score (nSPS) is 25.9. The van der Waals surface area contributed by atoms with E-state index in [-0.39, 0.29) is 5.97 Å². The summed E-state index contributed by atoms with van der Waals surface area (Å²) in [7, 11) is 1.40. The van der Waals surface area contributed by atoms with Gasteiger partial charge >= 0.3 is 5.97 Å². The Morgan fingerprint density at radius 2 is 2.08 bits per heavy atom. The molecule has 1 fully saturated rings. The zero-order valence-corrected chi connectivity index (χ0v) is 14.9. The number of hydrogen-bond donors (Lipinski definition) is 0. The number of allylic oxidation sites excluding steroid dienone is 2. The van der Waals surface area contributed by atoms with Gasteiger partial charge in [-0.2, -0.15) is 0 Å². The zero-order chi connectivity index (χ0) is 17.2. The van der Waals surface area contributed by atoms with Gasteiger partial charge in [0.2, 0.25) is 0 Å². The Morgan fingerprint density at radius 1 is 1.29 bits per heavy atom. The molecule has 1 saturated carbocycles. The van der Waals surface area contributed by atoms with E-state index >= 15 is 0 Å². The molecule has 2 atom stereocenters. The monoisotopic (exact) mass is 325 g/mol. The van der Waals surface area contributed by atoms with E-state index in [1.807, 2.05) is 24.4 Å². The molecule has 3 rings (SSSR count). The van der Waals surface area contributed by atoms with Gasteiger partial charge in [0.1, 0.15) is 0 Å². The number of benzene rings is 1. The van der Waals surface area contributed by atoms with Crippen LogP contribution in [0.15, 0.2) is 40.9 Å². The number of carbonyl (C=O) groups excluding carboxylic acids is 1. The predicted molar refractivity (Wildman–Crippen MR) is 97.9 cm³/mol. The van der Waals surface area contributed by atoms with Crippen LogP contribution >= 0.6 is 0 Å². The molecule has 0 spiro atoms. The number of nitrogens with zero attached hydrogens (tertiary/aromatic N) is 1. The summed E-state index contributed by atoms with van der Waals surface area (Å²) in [6.07, 6.45) is 10.5. The molecular weight excluding hydrogens is 298 g/mol. The number of methoxy groups -OCH3 is 1. The minimum absolute atomic E-state index is 0.330. The van der Waals surface area contributed by atoms with Gasteiger partial charge in [0.05, 0.1) is 18.4 Å². The number of rotatable bonds is 3. The molecule has 0 N–H and O–H groups in total. The SMILES string of the molecule is COC(=O)c1ccccc1N=CC1CCC2C(=CCCC2(C)C)C1. The van der Waals surface area contributed by atoms with Crippen molar-refractivity contribution >= 4 is 17.9 Å². The second-order valence-electron chi connectivity index (χ2n) is 7.69. The van der Waals surface area contributed by atoms with Gasteiger partial charge < -0.3 is 4.74 Å². The first kappa shape index (κ1) is 16.9. The van der Waals surface area contributed by atoms with Crippen molar-refractivity contribution in [2.24, 2.45) is 22.2 Å². The van der Waals surface area contributed by atoms with Crippen molar-refractivity contribution in [2.45, 2.75) is 46.0 Å². The lowest BCUT2D eigenvalue weighted by atomic mass is 9.62. The van der Waals surface area contributed by atoms with Gasteiger partial charge in [-0.25, -0.2) is 4.79 Å². The summed E-state index contributed by atoms with van der Waals surface area (Å²) in [6, 6.07) is 7.38. The van der Waals surface area contributed by atoms with E-state index in [4.69, 9.17) is 4.74 Å². The second-order valence-corrected chi connectivity index (χ2v) is 7.69. The van der Waals surface area contributed by atoms with Crippen LogP contribution in [0.5, 0.6) is 0 Å². The first-order chi connectivity index (χ1) is 11.5. The summed E-state index contributed by atoms with van der Waals surface area (Å²) in [5, 5.41) is 0. The molecule has 128 valence electrons. The predicted octanol–water partition coefficient (Wildman–Crippen LogP) is 5.34. The van der Waals surface area contributed by atoms with Gasteiger partial charge in [-0.3, -0.25) is 4.99 Å². The van der Waals surface area contributed by atoms with Crippen molar-refractivity contribution in [2.75, 3.05) is 7.11 Å². The van der Waals surface area contributed by atoms with Gasteiger partial charge in [0.25, 0.3) is 0 Å². The molecule has 0 radical (unpaired) electrons. The van der Waals surface area contributed by atoms with Crippen LogP contribution in [-0.2, 0) is 4.74 Å². The third-order valence-electron chi connectivity index (χ3n) is 5.64. The minimum atomic E-state index is -0.330. The molecule has 3 heteroatoms. The smallest absolute Gasteiger partial charge is 0.340 e. The van der Waals surface area contributed by atoms with Crippen LogP contribution < -0.4 is 0 Å². The Kier molecular flexibility index (Phi) is 4.88. The molecule has 0 amide bonds. The van der Waals surface area contributed by atoms with Crippen LogP contribution in [0.25, 0.3) is 0 Å². The van der Waals surface area contributed by atoms with Crippen molar-refractivity contribution in [3.05, 3.63) is 41.5 Å². The molecule has 0 aliphatic heterocycles. The third kappa shape index (κ3) is 3.45. The van der Waals surface area contributed by atoms with Gasteiger partial charge in [0, 0.05) is 6.21 Å². The van der Waals surface area contributed by atoms with Crippen LogP contribution in [0.1, 0.15) is 56.3 Å². The first-order valence-corrected chi connectivity index (χ1v) is 8.92. The van der Waals surface area contributed by atoms with E-state index in [1.54, 1.807) is 11.6 Å². The molecule has 3 nitrogen and oxygen atoms in total. The molecule has 1 aromatic carbocycles. The van der Waals surface area contributed by atoms with Gasteiger partial charge in [-0.05, 0) is 61.5 Å². The number of carbonyl (C=O) groups is 1. The lowest BCUT2D eigenvalue weighted by molar-refractivity contribution is 0.0601. The lowest BCUT2D eigenvalue weighted by Crippen LogP contribution is -2.33. The zero-order valence-electron chi connectivity index (χ0n) is 14.9. The Balaban J connectivity index is 1.73. The van der Waals surface area contributed by atoms with Crippen LogP contribution in [0.4, 0.5) is 5.69 Å². The van der Waals surface area contributed by atoms with Gasteiger partial charge in [-0.1, -0.05) is 37.6 Å². The summed E-state index contributed by atoms with van der Waals surface area (Å²) >= 11 is 0. The van der Waals surface area contributed by atoms with Crippen molar-refractivity contribution in [1.29, 1.82) is 0 Å². The highest BCUT2D eigenvalue weighted by Gasteiger charge is 2.37. The molecule has 24 heavy (non-hydrogen) atoms. The quantitative estimate of drug-likeness (QED) is 0.427. The lowest BCUT2D eigenvalue weighted by Gasteiger charge is -2.43. The molecule has 2 aliphatic carbocycles. The standard InChI is InChI=1S/C21H27NO2/c1-21(2)12-6-7-16-13-15(10-11-18(16)21)14-22-19-9-5-4-8-17(19)20(23)24-3/h4-5,7-9,14-15,18H,6,10-13H2,1-3H3. The van der Waals surface area contributed by atoms with Gasteiger partial charge in [0.15, 0.2) is 0 Å². The third-order valence-corrected chi connectivity index (χ3v) is 5.64. The van der Waals surface area contributed by atoms with Crippen LogP contribution in [0, 0.1) is 17.3 Å². The number of fused-ring (bicyclic) bond motifs is 1. The maximum absolute atomic E-state index is 11.8. The molecule has 0 heterocycles. The Bertz CT molecular complexity index is 672. The molecule has 0 saturated heterocycles. The molecule has 2 aliphatic rings. The Morgan fingerprint density at radius 3 is 2.88 bits per heavy atom.